The number of rotatable bonds is 5. The minimum absolute atomic E-state index is 0.000504. The lowest BCUT2D eigenvalue weighted by Crippen LogP contribution is -2.62. The molecule has 2 aliphatic carbocycles. The third-order valence-corrected chi connectivity index (χ3v) is 11.5. The Morgan fingerprint density at radius 1 is 0.829 bits per heavy atom. The van der Waals surface area contributed by atoms with E-state index in [1.807, 2.05) is 7.05 Å². The summed E-state index contributed by atoms with van der Waals surface area (Å²) in [6.45, 7) is 2.72. The molecule has 7 nitrogen and oxygen atoms in total. The van der Waals surface area contributed by atoms with Gasteiger partial charge < -0.3 is 9.80 Å². The molecule has 1 amide bonds. The number of likely N-dealkylation sites (N-methyl/N-ethyl adjacent to an activating group) is 1. The minimum Gasteiger partial charge on any atom is -0.339 e. The van der Waals surface area contributed by atoms with Crippen LogP contribution in [0.3, 0.4) is 0 Å². The van der Waals surface area contributed by atoms with Gasteiger partial charge in [0.15, 0.2) is 5.67 Å². The van der Waals surface area contributed by atoms with Crippen molar-refractivity contribution in [3.05, 3.63) is 0 Å². The number of hydrogen-bond acceptors (Lipinski definition) is 6. The first-order chi connectivity index (χ1) is 19.2. The van der Waals surface area contributed by atoms with Gasteiger partial charge in [-0.15, -0.1) is 0 Å². The highest BCUT2D eigenvalue weighted by Crippen LogP contribution is 2.53. The zero-order valence-corrected chi connectivity index (χ0v) is 24.1. The molecule has 2 bridgehead atoms. The molecule has 9 unspecified atom stereocenters. The number of nitrogens with one attached hydrogen (secondary N) is 2. The Morgan fingerprint density at radius 3 is 2.12 bits per heavy atom. The van der Waals surface area contributed by atoms with Crippen LogP contribution in [0.2, 0.25) is 0 Å². The van der Waals surface area contributed by atoms with Crippen LogP contribution >= 0.6 is 0 Å². The summed E-state index contributed by atoms with van der Waals surface area (Å²) in [6, 6.07) is -0.395. The van der Waals surface area contributed by atoms with Crippen LogP contribution in [0.25, 0.3) is 0 Å². The number of hydrazine groups is 1. The van der Waals surface area contributed by atoms with Gasteiger partial charge in [-0.05, 0) is 71.9 Å². The Labute approximate surface area is 238 Å². The van der Waals surface area contributed by atoms with E-state index < -0.39 is 53.6 Å². The Balaban J connectivity index is 1.20. The molecule has 234 valence electrons. The van der Waals surface area contributed by atoms with Crippen LogP contribution in [0, 0.1) is 23.7 Å². The lowest BCUT2D eigenvalue weighted by atomic mass is 9.70. The molecule has 2 saturated carbocycles. The SMILES string of the molecule is CN1CC2CCC(C1)N2C1CC2C(=O)N(C3CCCC([C@@](C)(F)C(F)(F)C4NNCN4C)C3)CC2C(C(F)(F)F)C1. The molecule has 0 aromatic heterocycles. The molecule has 6 rings (SSSR count). The van der Waals surface area contributed by atoms with E-state index in [0.29, 0.717) is 19.3 Å². The highest BCUT2D eigenvalue weighted by molar-refractivity contribution is 5.82. The summed E-state index contributed by atoms with van der Waals surface area (Å²) in [4.78, 5) is 21.2. The Morgan fingerprint density at radius 2 is 1.51 bits per heavy atom. The second-order valence-corrected chi connectivity index (χ2v) is 13.9. The molecule has 4 heterocycles. The topological polar surface area (TPSA) is 54.1 Å². The highest BCUT2D eigenvalue weighted by atomic mass is 19.4. The third kappa shape index (κ3) is 4.99. The smallest absolute Gasteiger partial charge is 0.339 e. The van der Waals surface area contributed by atoms with E-state index in [1.54, 1.807) is 0 Å². The molecular weight excluding hydrogens is 550 g/mol. The third-order valence-electron chi connectivity index (χ3n) is 11.5. The molecular formula is C28H44F6N6O. The Kier molecular flexibility index (Phi) is 7.65. The summed E-state index contributed by atoms with van der Waals surface area (Å²) in [5.41, 5.74) is 2.23. The highest BCUT2D eigenvalue weighted by Gasteiger charge is 2.64. The summed E-state index contributed by atoms with van der Waals surface area (Å²) in [5.74, 6) is -8.20. The van der Waals surface area contributed by atoms with E-state index in [9.17, 15) is 18.0 Å². The molecule has 0 spiro atoms. The maximum atomic E-state index is 16.1. The Bertz CT molecular complexity index is 984. The van der Waals surface area contributed by atoms with Crippen molar-refractivity contribution in [3.8, 4) is 0 Å². The minimum atomic E-state index is -4.42. The summed E-state index contributed by atoms with van der Waals surface area (Å²) >= 11 is 0. The number of piperazine rings is 1. The van der Waals surface area contributed by atoms with Gasteiger partial charge in [0.05, 0.1) is 12.6 Å². The fraction of sp³-hybridized carbons (Fsp3) is 0.964. The largest absolute Gasteiger partial charge is 0.392 e. The lowest BCUT2D eigenvalue weighted by Gasteiger charge is -2.48. The monoisotopic (exact) mass is 594 g/mol. The number of fused-ring (bicyclic) bond motifs is 3. The van der Waals surface area contributed by atoms with Crippen LogP contribution in [0.4, 0.5) is 26.3 Å². The first kappa shape index (κ1) is 29.9. The molecule has 10 atom stereocenters. The molecule has 0 radical (unpaired) electrons. The van der Waals surface area contributed by atoms with Gasteiger partial charge in [-0.2, -0.15) is 22.0 Å². The quantitative estimate of drug-likeness (QED) is 0.476. The number of carbonyl (C=O) groups is 1. The standard InChI is InChI=1S/C28H44F6N6O/c1-26(29,27(30,31)25-36-35-15-38(25)3)16-5-4-6-17(9-16)39-14-22-21(24(39)41)10-20(11-23(22)28(32,33)34)40-18-7-8-19(40)13-37(2)12-18/h16-23,25,35-36H,4-15H2,1-3H3/t16?,17?,18?,19?,20?,21?,22?,23?,25?,26-/m1/s1. The van der Waals surface area contributed by atoms with E-state index >= 15 is 13.2 Å². The second-order valence-electron chi connectivity index (χ2n) is 13.9. The number of amides is 1. The number of carbonyl (C=O) groups excluding carboxylic acids is 1. The molecule has 4 saturated heterocycles. The van der Waals surface area contributed by atoms with Crippen LogP contribution < -0.4 is 10.9 Å². The number of likely N-dealkylation sites (tertiary alicyclic amines) is 2. The zero-order chi connectivity index (χ0) is 29.5. The average molecular weight is 595 g/mol. The van der Waals surface area contributed by atoms with Gasteiger partial charge in [0, 0.05) is 55.6 Å². The van der Waals surface area contributed by atoms with Crippen LogP contribution in [0.15, 0.2) is 0 Å². The van der Waals surface area contributed by atoms with Crippen molar-refractivity contribution in [2.75, 3.05) is 40.4 Å². The molecule has 6 fully saturated rings. The second kappa shape index (κ2) is 10.5. The van der Waals surface area contributed by atoms with Gasteiger partial charge in [0.1, 0.15) is 6.17 Å². The van der Waals surface area contributed by atoms with Crippen LogP contribution in [0.1, 0.15) is 58.3 Å². The van der Waals surface area contributed by atoms with Gasteiger partial charge >= 0.3 is 12.1 Å². The van der Waals surface area contributed by atoms with Crippen molar-refractivity contribution in [2.45, 2.75) is 106 Å². The number of alkyl halides is 6. The predicted molar refractivity (Wildman–Crippen MR) is 140 cm³/mol. The van der Waals surface area contributed by atoms with Crippen molar-refractivity contribution in [3.63, 3.8) is 0 Å². The summed E-state index contributed by atoms with van der Waals surface area (Å²) in [5, 5.41) is 0. The predicted octanol–water partition coefficient (Wildman–Crippen LogP) is 3.43. The molecule has 4 aliphatic heterocycles. The number of hydrogen-bond donors (Lipinski definition) is 2. The van der Waals surface area contributed by atoms with Gasteiger partial charge in [0.2, 0.25) is 5.91 Å². The normalized spacial score (nSPS) is 43.0. The molecule has 0 aromatic rings. The van der Waals surface area contributed by atoms with Crippen molar-refractivity contribution in [1.82, 2.24) is 30.5 Å². The summed E-state index contributed by atoms with van der Waals surface area (Å²) in [6.07, 6.45) is -2.39. The zero-order valence-electron chi connectivity index (χ0n) is 24.1. The Hall–Kier alpha value is -1.15. The summed E-state index contributed by atoms with van der Waals surface area (Å²) in [7, 11) is 3.53. The molecule has 13 heteroatoms. The number of nitrogens with zero attached hydrogens (tertiary/aromatic N) is 4. The van der Waals surface area contributed by atoms with Crippen molar-refractivity contribution >= 4 is 5.91 Å². The fourth-order valence-corrected chi connectivity index (χ4v) is 9.39. The van der Waals surface area contributed by atoms with E-state index in [1.165, 1.54) is 16.8 Å². The summed E-state index contributed by atoms with van der Waals surface area (Å²) < 4.78 is 90.7. The van der Waals surface area contributed by atoms with E-state index in [2.05, 4.69) is 20.7 Å². The maximum absolute atomic E-state index is 16.1. The van der Waals surface area contributed by atoms with E-state index in [-0.39, 0.29) is 56.5 Å². The van der Waals surface area contributed by atoms with Crippen molar-refractivity contribution in [2.24, 2.45) is 23.7 Å². The molecule has 41 heavy (non-hydrogen) atoms. The van der Waals surface area contributed by atoms with Gasteiger partial charge in [0.25, 0.3) is 0 Å². The van der Waals surface area contributed by atoms with Crippen LogP contribution in [-0.4, -0.2) is 114 Å². The van der Waals surface area contributed by atoms with E-state index in [4.69, 9.17) is 0 Å². The molecule has 6 aliphatic rings. The average Bonchev–Trinajstić information content (AvgIpc) is 3.57. The van der Waals surface area contributed by atoms with Crippen molar-refractivity contribution < 1.29 is 31.1 Å². The lowest BCUT2D eigenvalue weighted by molar-refractivity contribution is -0.207. The van der Waals surface area contributed by atoms with Crippen LogP contribution in [0.5, 0.6) is 0 Å². The first-order valence-electron chi connectivity index (χ1n) is 15.3. The van der Waals surface area contributed by atoms with Gasteiger partial charge in [-0.3, -0.25) is 14.6 Å². The fourth-order valence-electron chi connectivity index (χ4n) is 9.39. The molecule has 2 N–H and O–H groups in total. The number of halogens is 6. The maximum Gasteiger partial charge on any atom is 0.392 e. The van der Waals surface area contributed by atoms with Crippen LogP contribution in [-0.2, 0) is 4.79 Å². The van der Waals surface area contributed by atoms with Crippen molar-refractivity contribution in [1.29, 1.82) is 0 Å². The first-order valence-corrected chi connectivity index (χ1v) is 15.3. The van der Waals surface area contributed by atoms with Gasteiger partial charge in [-0.25, -0.2) is 15.2 Å². The molecule has 0 aromatic carbocycles. The van der Waals surface area contributed by atoms with Gasteiger partial charge in [-0.1, -0.05) is 6.42 Å². The van der Waals surface area contributed by atoms with E-state index in [0.717, 1.165) is 32.9 Å².